The summed E-state index contributed by atoms with van der Waals surface area (Å²) in [5.41, 5.74) is 1.13. The Labute approximate surface area is 160 Å². The molecule has 26 heavy (non-hydrogen) atoms. The molecule has 0 aliphatic heterocycles. The van der Waals surface area contributed by atoms with Crippen molar-refractivity contribution < 1.29 is 14.7 Å². The van der Waals surface area contributed by atoms with Gasteiger partial charge in [-0.25, -0.2) is 0 Å². The van der Waals surface area contributed by atoms with Crippen LogP contribution in [0.1, 0.15) is 44.6 Å². The number of carbonyl (C=O) groups excluding carboxylic acids is 1. The Morgan fingerprint density at radius 3 is 2.73 bits per heavy atom. The fraction of sp³-hybridized carbons (Fsp3) is 0.429. The topological polar surface area (TPSA) is 57.6 Å². The van der Waals surface area contributed by atoms with Gasteiger partial charge in [0.25, 0.3) is 0 Å². The van der Waals surface area contributed by atoms with Gasteiger partial charge in [0.05, 0.1) is 6.54 Å². The number of carboxylic acid groups (broad SMARTS) is 1. The van der Waals surface area contributed by atoms with Gasteiger partial charge in [0.2, 0.25) is 5.91 Å². The van der Waals surface area contributed by atoms with Crippen molar-refractivity contribution >= 4 is 29.7 Å². The maximum absolute atomic E-state index is 12.2. The van der Waals surface area contributed by atoms with Crippen molar-refractivity contribution in [1.29, 1.82) is 0 Å². The van der Waals surface area contributed by atoms with Gasteiger partial charge in [0.15, 0.2) is 0 Å². The number of terminal acetylenes is 1. The highest BCUT2D eigenvalue weighted by molar-refractivity contribution is 7.99. The summed E-state index contributed by atoms with van der Waals surface area (Å²) in [6.45, 7) is 2.83. The number of unbranched alkanes of at least 4 members (excludes halogenated alkanes) is 1. The molecule has 140 valence electrons. The number of benzene rings is 1. The molecular weight excluding hydrogens is 346 g/mol. The average molecular weight is 374 g/mol. The van der Waals surface area contributed by atoms with Crippen molar-refractivity contribution in [3.63, 3.8) is 0 Å². The van der Waals surface area contributed by atoms with E-state index < -0.39 is 5.97 Å². The third-order valence-electron chi connectivity index (χ3n) is 3.71. The SMILES string of the molecule is C#CCN(C/C=C/c1ccccc1SCCCC)C(=O)CCCC(=O)O. The molecule has 0 unspecified atom stereocenters. The molecule has 1 aromatic carbocycles. The Balaban J connectivity index is 2.64. The Hall–Kier alpha value is -2.19. The molecule has 1 rings (SSSR count). The van der Waals surface area contributed by atoms with E-state index in [1.165, 1.54) is 17.7 Å². The number of carboxylic acids is 1. The maximum atomic E-state index is 12.2. The zero-order chi connectivity index (χ0) is 19.2. The van der Waals surface area contributed by atoms with Gasteiger partial charge < -0.3 is 10.0 Å². The molecule has 0 spiro atoms. The van der Waals surface area contributed by atoms with Gasteiger partial charge in [0.1, 0.15) is 0 Å². The molecule has 4 nitrogen and oxygen atoms in total. The molecule has 0 aliphatic rings. The minimum atomic E-state index is -0.890. The third kappa shape index (κ3) is 8.77. The Morgan fingerprint density at radius 2 is 2.04 bits per heavy atom. The first-order valence-electron chi connectivity index (χ1n) is 8.89. The summed E-state index contributed by atoms with van der Waals surface area (Å²) in [7, 11) is 0. The summed E-state index contributed by atoms with van der Waals surface area (Å²) in [5, 5.41) is 8.67. The fourth-order valence-electron chi connectivity index (χ4n) is 2.30. The first kappa shape index (κ1) is 21.9. The molecule has 0 bridgehead atoms. The number of rotatable bonds is 12. The van der Waals surface area contributed by atoms with Crippen LogP contribution in [0, 0.1) is 12.3 Å². The van der Waals surface area contributed by atoms with Gasteiger partial charge >= 0.3 is 5.97 Å². The quantitative estimate of drug-likeness (QED) is 0.337. The van der Waals surface area contributed by atoms with Crippen LogP contribution in [0.4, 0.5) is 0 Å². The molecule has 0 heterocycles. The molecule has 1 N–H and O–H groups in total. The van der Waals surface area contributed by atoms with Gasteiger partial charge in [-0.3, -0.25) is 9.59 Å². The standard InChI is InChI=1S/C21H27NO3S/c1-3-5-17-26-19-12-7-6-10-18(19)11-9-16-22(15-4-2)20(23)13-8-14-21(24)25/h2,6-7,9-12H,3,5,8,13-17H2,1H3,(H,24,25)/b11-9+. The van der Waals surface area contributed by atoms with E-state index in [-0.39, 0.29) is 25.3 Å². The monoisotopic (exact) mass is 373 g/mol. The Kier molecular flexibility index (Phi) is 11.0. The second-order valence-electron chi connectivity index (χ2n) is 5.87. The number of carbonyl (C=O) groups is 2. The van der Waals surface area contributed by atoms with Gasteiger partial charge in [0, 0.05) is 24.3 Å². The summed E-state index contributed by atoms with van der Waals surface area (Å²) in [5.74, 6) is 2.58. The molecular formula is C21H27NO3S. The zero-order valence-electron chi connectivity index (χ0n) is 15.3. The number of amides is 1. The van der Waals surface area contributed by atoms with Gasteiger partial charge in [-0.05, 0) is 30.2 Å². The normalized spacial score (nSPS) is 10.6. The van der Waals surface area contributed by atoms with E-state index in [0.29, 0.717) is 13.0 Å². The molecule has 0 fully saturated rings. The van der Waals surface area contributed by atoms with Crippen LogP contribution in [0.2, 0.25) is 0 Å². The number of thioether (sulfide) groups is 1. The van der Waals surface area contributed by atoms with Crippen molar-refractivity contribution in [3.05, 3.63) is 35.9 Å². The molecule has 1 aromatic rings. The summed E-state index contributed by atoms with van der Waals surface area (Å²) >= 11 is 1.84. The maximum Gasteiger partial charge on any atom is 0.303 e. The minimum absolute atomic E-state index is 0.00612. The highest BCUT2D eigenvalue weighted by atomic mass is 32.2. The van der Waals surface area contributed by atoms with Crippen LogP contribution in [0.25, 0.3) is 6.08 Å². The van der Waals surface area contributed by atoms with Crippen LogP contribution in [0.15, 0.2) is 35.2 Å². The van der Waals surface area contributed by atoms with Crippen molar-refractivity contribution in [3.8, 4) is 12.3 Å². The molecule has 1 amide bonds. The molecule has 0 aromatic heterocycles. The first-order chi connectivity index (χ1) is 12.6. The highest BCUT2D eigenvalue weighted by Crippen LogP contribution is 2.24. The van der Waals surface area contributed by atoms with Crippen LogP contribution in [0.3, 0.4) is 0 Å². The van der Waals surface area contributed by atoms with Gasteiger partial charge in [-0.15, -0.1) is 18.2 Å². The largest absolute Gasteiger partial charge is 0.481 e. The lowest BCUT2D eigenvalue weighted by molar-refractivity contribution is -0.137. The average Bonchev–Trinajstić information content (AvgIpc) is 2.62. The lowest BCUT2D eigenvalue weighted by Crippen LogP contribution is -2.31. The van der Waals surface area contributed by atoms with E-state index in [9.17, 15) is 9.59 Å². The summed E-state index contributed by atoms with van der Waals surface area (Å²) < 4.78 is 0. The van der Waals surface area contributed by atoms with Crippen LogP contribution in [-0.2, 0) is 9.59 Å². The smallest absolute Gasteiger partial charge is 0.303 e. The molecule has 0 saturated carbocycles. The van der Waals surface area contributed by atoms with E-state index >= 15 is 0 Å². The Bertz CT molecular complexity index is 649. The van der Waals surface area contributed by atoms with Crippen molar-refractivity contribution in [2.75, 3.05) is 18.8 Å². The molecule has 0 atom stereocenters. The van der Waals surface area contributed by atoms with Crippen molar-refractivity contribution in [1.82, 2.24) is 4.90 Å². The first-order valence-corrected chi connectivity index (χ1v) is 9.88. The highest BCUT2D eigenvalue weighted by Gasteiger charge is 2.11. The number of hydrogen-bond donors (Lipinski definition) is 1. The predicted molar refractivity (Wildman–Crippen MR) is 108 cm³/mol. The number of nitrogens with zero attached hydrogens (tertiary/aromatic N) is 1. The van der Waals surface area contributed by atoms with Crippen molar-refractivity contribution in [2.45, 2.75) is 43.9 Å². The van der Waals surface area contributed by atoms with E-state index in [1.54, 1.807) is 4.90 Å². The molecule has 0 aliphatic carbocycles. The van der Waals surface area contributed by atoms with Crippen LogP contribution in [0.5, 0.6) is 0 Å². The number of aliphatic carboxylic acids is 1. The van der Waals surface area contributed by atoms with Gasteiger partial charge in [-0.1, -0.05) is 49.6 Å². The molecule has 0 saturated heterocycles. The minimum Gasteiger partial charge on any atom is -0.481 e. The predicted octanol–water partition coefficient (Wildman–Crippen LogP) is 4.31. The van der Waals surface area contributed by atoms with Gasteiger partial charge in [-0.2, -0.15) is 0 Å². The zero-order valence-corrected chi connectivity index (χ0v) is 16.1. The van der Waals surface area contributed by atoms with E-state index in [0.717, 1.165) is 11.3 Å². The van der Waals surface area contributed by atoms with E-state index in [4.69, 9.17) is 11.5 Å². The second kappa shape index (κ2) is 13.1. The van der Waals surface area contributed by atoms with E-state index in [1.807, 2.05) is 36.0 Å². The lowest BCUT2D eigenvalue weighted by atomic mass is 10.2. The molecule has 5 heteroatoms. The van der Waals surface area contributed by atoms with E-state index in [2.05, 4.69) is 25.0 Å². The van der Waals surface area contributed by atoms with Crippen LogP contribution < -0.4 is 0 Å². The van der Waals surface area contributed by atoms with Crippen LogP contribution in [-0.4, -0.2) is 40.7 Å². The third-order valence-corrected chi connectivity index (χ3v) is 4.89. The summed E-state index contributed by atoms with van der Waals surface area (Å²) in [4.78, 5) is 25.6. The summed E-state index contributed by atoms with van der Waals surface area (Å²) in [6, 6.07) is 8.20. The fourth-order valence-corrected chi connectivity index (χ4v) is 3.43. The van der Waals surface area contributed by atoms with Crippen molar-refractivity contribution in [2.24, 2.45) is 0 Å². The molecule has 0 radical (unpaired) electrons. The lowest BCUT2D eigenvalue weighted by Gasteiger charge is -2.18. The Morgan fingerprint density at radius 1 is 1.27 bits per heavy atom. The van der Waals surface area contributed by atoms with Crippen LogP contribution >= 0.6 is 11.8 Å². The number of hydrogen-bond acceptors (Lipinski definition) is 3. The summed E-state index contributed by atoms with van der Waals surface area (Å²) in [6.07, 6.45) is 12.2. The second-order valence-corrected chi connectivity index (χ2v) is 7.00.